The van der Waals surface area contributed by atoms with E-state index in [1.807, 2.05) is 0 Å². The smallest absolute Gasteiger partial charge is 0.311 e. The zero-order valence-corrected chi connectivity index (χ0v) is 13.8. The number of aromatic nitrogens is 2. The normalized spacial score (nSPS) is 10.4. The number of nitrogens with zero attached hydrogens (tertiary/aromatic N) is 1. The number of carbonyl (C=O) groups is 2. The Morgan fingerprint density at radius 3 is 2.80 bits per heavy atom. The van der Waals surface area contributed by atoms with Crippen LogP contribution < -0.4 is 10.9 Å². The van der Waals surface area contributed by atoms with Crippen molar-refractivity contribution in [3.63, 3.8) is 0 Å². The fraction of sp³-hybridized carbons (Fsp3) is 0.200. The summed E-state index contributed by atoms with van der Waals surface area (Å²) in [5, 5.41) is 2.34. The predicted molar refractivity (Wildman–Crippen MR) is 86.3 cm³/mol. The third kappa shape index (κ3) is 5.68. The first-order valence-electron chi connectivity index (χ1n) is 6.92. The maximum atomic E-state index is 13.5. The molecular formula is C15H13F2N3O4S. The number of rotatable bonds is 6. The molecule has 0 atom stereocenters. The lowest BCUT2D eigenvalue weighted by Crippen LogP contribution is -2.17. The van der Waals surface area contributed by atoms with Crippen LogP contribution in [0, 0.1) is 11.6 Å². The van der Waals surface area contributed by atoms with Crippen molar-refractivity contribution in [3.8, 4) is 0 Å². The quantitative estimate of drug-likeness (QED) is 0.455. The Labute approximate surface area is 144 Å². The number of aromatic amines is 1. The predicted octanol–water partition coefficient (Wildman–Crippen LogP) is 1.49. The maximum absolute atomic E-state index is 13.5. The summed E-state index contributed by atoms with van der Waals surface area (Å²) in [4.78, 5) is 41.0. The number of carbonyl (C=O) groups excluding carboxylic acids is 2. The van der Waals surface area contributed by atoms with Gasteiger partial charge in [0.05, 0.1) is 30.7 Å². The largest absolute Gasteiger partial charge is 0.469 e. The summed E-state index contributed by atoms with van der Waals surface area (Å²) in [6.07, 6.45) is -0.186. The Morgan fingerprint density at radius 2 is 2.08 bits per heavy atom. The maximum Gasteiger partial charge on any atom is 0.311 e. The van der Waals surface area contributed by atoms with Gasteiger partial charge in [-0.25, -0.2) is 13.8 Å². The van der Waals surface area contributed by atoms with Crippen molar-refractivity contribution in [3.05, 3.63) is 51.9 Å². The van der Waals surface area contributed by atoms with Gasteiger partial charge in [-0.05, 0) is 12.1 Å². The molecule has 10 heteroatoms. The zero-order chi connectivity index (χ0) is 18.4. The van der Waals surface area contributed by atoms with Gasteiger partial charge in [-0.2, -0.15) is 0 Å². The summed E-state index contributed by atoms with van der Waals surface area (Å²) in [6, 6.07) is 3.83. The van der Waals surface area contributed by atoms with Gasteiger partial charge >= 0.3 is 5.97 Å². The highest BCUT2D eigenvalue weighted by Crippen LogP contribution is 2.17. The fourth-order valence-corrected chi connectivity index (χ4v) is 2.47. The number of halogens is 2. The third-order valence-corrected chi connectivity index (χ3v) is 3.74. The number of H-pyrrole nitrogens is 1. The van der Waals surface area contributed by atoms with Gasteiger partial charge in [-0.3, -0.25) is 14.4 Å². The molecule has 25 heavy (non-hydrogen) atoms. The number of nitrogens with one attached hydrogen (secondary N) is 2. The standard InChI is InChI=1S/C15H13F2N3O4S/c1-24-14(23)6-9-5-12(21)20-15(18-9)25-7-13(22)19-11-4-8(16)2-3-10(11)17/h2-5H,6-7H2,1H3,(H,19,22)(H,18,20,21). The molecule has 0 aliphatic heterocycles. The SMILES string of the molecule is COC(=O)Cc1cc(=O)[nH]c(SCC(=O)Nc2cc(F)ccc2F)n1. The molecule has 7 nitrogen and oxygen atoms in total. The number of esters is 1. The first-order valence-corrected chi connectivity index (χ1v) is 7.90. The van der Waals surface area contributed by atoms with E-state index in [1.54, 1.807) is 0 Å². The number of hydrogen-bond donors (Lipinski definition) is 2. The number of methoxy groups -OCH3 is 1. The molecule has 2 N–H and O–H groups in total. The van der Waals surface area contributed by atoms with Crippen LogP contribution in [0.2, 0.25) is 0 Å². The molecule has 0 bridgehead atoms. The van der Waals surface area contributed by atoms with Crippen molar-refractivity contribution < 1.29 is 23.1 Å². The molecule has 0 unspecified atom stereocenters. The lowest BCUT2D eigenvalue weighted by Gasteiger charge is -2.07. The second-order valence-corrected chi connectivity index (χ2v) is 5.72. The van der Waals surface area contributed by atoms with Crippen molar-refractivity contribution in [2.75, 3.05) is 18.2 Å². The van der Waals surface area contributed by atoms with Gasteiger partial charge in [-0.1, -0.05) is 11.8 Å². The molecule has 0 aliphatic rings. The highest BCUT2D eigenvalue weighted by molar-refractivity contribution is 7.99. The summed E-state index contributed by atoms with van der Waals surface area (Å²) in [6.45, 7) is 0. The van der Waals surface area contributed by atoms with Crippen LogP contribution in [-0.4, -0.2) is 34.7 Å². The molecule has 1 aromatic heterocycles. The van der Waals surface area contributed by atoms with Crippen LogP contribution in [0.15, 0.2) is 34.2 Å². The minimum absolute atomic E-state index is 0.112. The van der Waals surface area contributed by atoms with Crippen LogP contribution in [-0.2, 0) is 20.7 Å². The Hall–Kier alpha value is -2.75. The number of benzene rings is 1. The summed E-state index contributed by atoms with van der Waals surface area (Å²) in [5.74, 6) is -2.85. The number of hydrogen-bond acceptors (Lipinski definition) is 6. The molecule has 1 amide bonds. The molecule has 0 spiro atoms. The molecule has 0 saturated carbocycles. The molecule has 0 aliphatic carbocycles. The molecule has 2 aromatic rings. The van der Waals surface area contributed by atoms with Gasteiger partial charge in [-0.15, -0.1) is 0 Å². The monoisotopic (exact) mass is 369 g/mol. The lowest BCUT2D eigenvalue weighted by atomic mass is 10.3. The first kappa shape index (κ1) is 18.6. The molecule has 0 radical (unpaired) electrons. The first-order chi connectivity index (χ1) is 11.9. The zero-order valence-electron chi connectivity index (χ0n) is 13.0. The van der Waals surface area contributed by atoms with Crippen molar-refractivity contribution in [1.29, 1.82) is 0 Å². The molecule has 1 aromatic carbocycles. The van der Waals surface area contributed by atoms with Gasteiger partial charge in [0, 0.05) is 12.1 Å². The van der Waals surface area contributed by atoms with E-state index in [2.05, 4.69) is 20.0 Å². The van der Waals surface area contributed by atoms with E-state index in [1.165, 1.54) is 7.11 Å². The average molecular weight is 369 g/mol. The van der Waals surface area contributed by atoms with Crippen LogP contribution in [0.1, 0.15) is 5.69 Å². The topological polar surface area (TPSA) is 101 Å². The van der Waals surface area contributed by atoms with E-state index in [0.717, 1.165) is 36.0 Å². The van der Waals surface area contributed by atoms with Gasteiger partial charge in [0.25, 0.3) is 5.56 Å². The Bertz CT molecular complexity index is 857. The van der Waals surface area contributed by atoms with E-state index >= 15 is 0 Å². The van der Waals surface area contributed by atoms with Crippen LogP contribution >= 0.6 is 11.8 Å². The van der Waals surface area contributed by atoms with Crippen LogP contribution in [0.3, 0.4) is 0 Å². The van der Waals surface area contributed by atoms with Gasteiger partial charge in [0.2, 0.25) is 5.91 Å². The number of thioether (sulfide) groups is 1. The van der Waals surface area contributed by atoms with Crippen molar-refractivity contribution in [2.45, 2.75) is 11.6 Å². The number of amides is 1. The summed E-state index contributed by atoms with van der Waals surface area (Å²) < 4.78 is 31.0. The number of ether oxygens (including phenoxy) is 1. The molecule has 0 fully saturated rings. The van der Waals surface area contributed by atoms with Crippen LogP contribution in [0.4, 0.5) is 14.5 Å². The summed E-state index contributed by atoms with van der Waals surface area (Å²) >= 11 is 0.874. The average Bonchev–Trinajstić information content (AvgIpc) is 2.55. The summed E-state index contributed by atoms with van der Waals surface area (Å²) in [7, 11) is 1.21. The van der Waals surface area contributed by atoms with Gasteiger partial charge < -0.3 is 15.0 Å². The summed E-state index contributed by atoms with van der Waals surface area (Å²) in [5.41, 5.74) is -0.589. The second-order valence-electron chi connectivity index (χ2n) is 4.76. The van der Waals surface area contributed by atoms with E-state index in [9.17, 15) is 23.2 Å². The minimum Gasteiger partial charge on any atom is -0.469 e. The molecular weight excluding hydrogens is 356 g/mol. The highest BCUT2D eigenvalue weighted by Gasteiger charge is 2.11. The Morgan fingerprint density at radius 1 is 1.32 bits per heavy atom. The third-order valence-electron chi connectivity index (χ3n) is 2.87. The Kier molecular flexibility index (Phi) is 6.23. The Balaban J connectivity index is 2.00. The molecule has 132 valence electrons. The minimum atomic E-state index is -0.772. The van der Waals surface area contributed by atoms with Crippen molar-refractivity contribution >= 4 is 29.3 Å². The molecule has 2 rings (SSSR count). The van der Waals surface area contributed by atoms with E-state index in [4.69, 9.17) is 0 Å². The van der Waals surface area contributed by atoms with E-state index < -0.39 is 29.1 Å². The fourth-order valence-electron chi connectivity index (χ4n) is 1.78. The second kappa shape index (κ2) is 8.38. The van der Waals surface area contributed by atoms with E-state index in [-0.39, 0.29) is 28.7 Å². The van der Waals surface area contributed by atoms with Gasteiger partial charge in [0.15, 0.2) is 5.16 Å². The van der Waals surface area contributed by atoms with E-state index in [0.29, 0.717) is 0 Å². The van der Waals surface area contributed by atoms with Crippen LogP contribution in [0.5, 0.6) is 0 Å². The van der Waals surface area contributed by atoms with Gasteiger partial charge in [0.1, 0.15) is 11.6 Å². The highest BCUT2D eigenvalue weighted by atomic mass is 32.2. The number of anilines is 1. The molecule has 1 heterocycles. The molecule has 0 saturated heterocycles. The van der Waals surface area contributed by atoms with Crippen molar-refractivity contribution in [1.82, 2.24) is 9.97 Å². The van der Waals surface area contributed by atoms with Crippen molar-refractivity contribution in [2.24, 2.45) is 0 Å². The van der Waals surface area contributed by atoms with Crippen LogP contribution in [0.25, 0.3) is 0 Å². The lowest BCUT2D eigenvalue weighted by molar-refractivity contribution is -0.139.